The lowest BCUT2D eigenvalue weighted by Gasteiger charge is -2.18. The number of fused-ring (bicyclic) bond motifs is 5. The Kier molecular flexibility index (Phi) is 4.40. The Labute approximate surface area is 168 Å². The van der Waals surface area contributed by atoms with Crippen molar-refractivity contribution in [2.24, 2.45) is 0 Å². The van der Waals surface area contributed by atoms with Gasteiger partial charge in [0.15, 0.2) is 35.7 Å². The number of aryl methyl sites for hydroxylation is 2. The van der Waals surface area contributed by atoms with E-state index in [1.165, 1.54) is 16.8 Å². The number of rotatable bonds is 5. The first kappa shape index (κ1) is 17.4. The van der Waals surface area contributed by atoms with E-state index in [2.05, 4.69) is 35.0 Å². The zero-order valence-electron chi connectivity index (χ0n) is 15.7. The van der Waals surface area contributed by atoms with Crippen LogP contribution in [0.15, 0.2) is 36.5 Å². The fraction of sp³-hybridized carbons (Fsp3) is 0.318. The molecule has 0 radical (unpaired) electrons. The molecule has 28 heavy (non-hydrogen) atoms. The summed E-state index contributed by atoms with van der Waals surface area (Å²) in [6, 6.07) is 10.4. The minimum Gasteiger partial charge on any atom is -0.493 e. The molecule has 0 unspecified atom stereocenters. The molecule has 0 aliphatic carbocycles. The molecule has 3 aromatic rings. The minimum atomic E-state index is 0.290. The standard InChI is InChI=1S/C22H21ClNO4/c1-25-19-4-3-14-9-18-16-11-21-20(27-13-28-21)10-15(16)5-7-24(18)12-17(14)22(19)26-8-2-6-23/h3-4,9-12H,2,5-8,13H2,1H3/q+1. The van der Waals surface area contributed by atoms with Gasteiger partial charge in [-0.3, -0.25) is 0 Å². The Hall–Kier alpha value is -2.66. The van der Waals surface area contributed by atoms with Crippen LogP contribution in [0.5, 0.6) is 23.0 Å². The van der Waals surface area contributed by atoms with Crippen molar-refractivity contribution < 1.29 is 23.5 Å². The van der Waals surface area contributed by atoms with Crippen molar-refractivity contribution in [2.75, 3.05) is 26.4 Å². The van der Waals surface area contributed by atoms with Gasteiger partial charge in [-0.05, 0) is 41.6 Å². The van der Waals surface area contributed by atoms with E-state index in [1.54, 1.807) is 7.11 Å². The van der Waals surface area contributed by atoms with Crippen LogP contribution in [-0.2, 0) is 13.0 Å². The molecule has 5 rings (SSSR count). The molecule has 0 fully saturated rings. The van der Waals surface area contributed by atoms with Gasteiger partial charge in [0, 0.05) is 18.4 Å². The summed E-state index contributed by atoms with van der Waals surface area (Å²) >= 11 is 5.81. The smallest absolute Gasteiger partial charge is 0.231 e. The summed E-state index contributed by atoms with van der Waals surface area (Å²) in [6.07, 6.45) is 3.90. The van der Waals surface area contributed by atoms with Gasteiger partial charge >= 0.3 is 0 Å². The Balaban J connectivity index is 1.65. The summed E-state index contributed by atoms with van der Waals surface area (Å²) in [6.45, 7) is 1.75. The highest BCUT2D eigenvalue weighted by Gasteiger charge is 2.28. The molecule has 0 saturated carbocycles. The van der Waals surface area contributed by atoms with Crippen molar-refractivity contribution in [1.82, 2.24) is 0 Å². The predicted octanol–water partition coefficient (Wildman–Crippen LogP) is 4.10. The number of ether oxygens (including phenoxy) is 4. The van der Waals surface area contributed by atoms with E-state index in [9.17, 15) is 0 Å². The largest absolute Gasteiger partial charge is 0.493 e. The zero-order valence-corrected chi connectivity index (χ0v) is 16.4. The van der Waals surface area contributed by atoms with Gasteiger partial charge in [0.25, 0.3) is 0 Å². The fourth-order valence-electron chi connectivity index (χ4n) is 3.94. The Morgan fingerprint density at radius 1 is 1.14 bits per heavy atom. The first-order valence-corrected chi connectivity index (χ1v) is 9.98. The van der Waals surface area contributed by atoms with Gasteiger partial charge in [0.05, 0.1) is 24.7 Å². The van der Waals surface area contributed by atoms with Crippen LogP contribution in [0.25, 0.3) is 22.0 Å². The lowest BCUT2D eigenvalue weighted by Crippen LogP contribution is -2.40. The highest BCUT2D eigenvalue weighted by atomic mass is 35.5. The van der Waals surface area contributed by atoms with Crippen molar-refractivity contribution >= 4 is 22.4 Å². The number of benzene rings is 2. The lowest BCUT2D eigenvalue weighted by atomic mass is 9.95. The molecule has 0 saturated heterocycles. The number of pyridine rings is 1. The highest BCUT2D eigenvalue weighted by Crippen LogP contribution is 2.41. The predicted molar refractivity (Wildman–Crippen MR) is 107 cm³/mol. The maximum atomic E-state index is 6.04. The number of hydrogen-bond acceptors (Lipinski definition) is 4. The van der Waals surface area contributed by atoms with Crippen LogP contribution in [0.1, 0.15) is 12.0 Å². The van der Waals surface area contributed by atoms with Gasteiger partial charge in [0.1, 0.15) is 0 Å². The number of hydrogen-bond donors (Lipinski definition) is 0. The molecule has 2 aliphatic heterocycles. The van der Waals surface area contributed by atoms with Crippen LogP contribution in [0.3, 0.4) is 0 Å². The highest BCUT2D eigenvalue weighted by molar-refractivity contribution is 6.17. The SMILES string of the molecule is COc1ccc2cc3[n+](cc2c1OCCCCl)CCc1cc2c(cc1-3)OCO2. The number of nitrogens with zero attached hydrogens (tertiary/aromatic N) is 1. The molecular formula is C22H21ClNO4+. The van der Waals surface area contributed by atoms with E-state index in [-0.39, 0.29) is 0 Å². The summed E-state index contributed by atoms with van der Waals surface area (Å²) in [4.78, 5) is 0. The molecule has 6 heteroatoms. The summed E-state index contributed by atoms with van der Waals surface area (Å²) < 4.78 is 25.0. The van der Waals surface area contributed by atoms with Gasteiger partial charge in [-0.25, -0.2) is 0 Å². The maximum Gasteiger partial charge on any atom is 0.231 e. The van der Waals surface area contributed by atoms with Crippen molar-refractivity contribution in [2.45, 2.75) is 19.4 Å². The van der Waals surface area contributed by atoms with E-state index in [4.69, 9.17) is 30.5 Å². The first-order chi connectivity index (χ1) is 13.8. The molecular weight excluding hydrogens is 378 g/mol. The Morgan fingerprint density at radius 3 is 2.82 bits per heavy atom. The fourth-order valence-corrected chi connectivity index (χ4v) is 4.04. The third-order valence-electron chi connectivity index (χ3n) is 5.32. The lowest BCUT2D eigenvalue weighted by molar-refractivity contribution is -0.686. The second-order valence-electron chi connectivity index (χ2n) is 6.96. The summed E-state index contributed by atoms with van der Waals surface area (Å²) in [5.74, 6) is 3.74. The van der Waals surface area contributed by atoms with Crippen molar-refractivity contribution in [3.8, 4) is 34.3 Å². The van der Waals surface area contributed by atoms with E-state index in [1.807, 2.05) is 6.07 Å². The number of alkyl halides is 1. The molecule has 0 amide bonds. The molecule has 3 heterocycles. The Morgan fingerprint density at radius 2 is 2.00 bits per heavy atom. The van der Waals surface area contributed by atoms with E-state index in [0.29, 0.717) is 19.3 Å². The van der Waals surface area contributed by atoms with Gasteiger partial charge in [-0.2, -0.15) is 4.57 Å². The topological polar surface area (TPSA) is 40.8 Å². The quantitative estimate of drug-likeness (QED) is 0.368. The second kappa shape index (κ2) is 7.06. The molecule has 144 valence electrons. The summed E-state index contributed by atoms with van der Waals surface area (Å²) in [7, 11) is 1.67. The average molecular weight is 399 g/mol. The van der Waals surface area contributed by atoms with Crippen LogP contribution in [-0.4, -0.2) is 26.4 Å². The van der Waals surface area contributed by atoms with Crippen LogP contribution < -0.4 is 23.5 Å². The molecule has 2 aromatic carbocycles. The van der Waals surface area contributed by atoms with E-state index in [0.717, 1.165) is 53.2 Å². The van der Waals surface area contributed by atoms with Gasteiger partial charge < -0.3 is 18.9 Å². The van der Waals surface area contributed by atoms with Gasteiger partial charge in [-0.1, -0.05) is 0 Å². The summed E-state index contributed by atoms with van der Waals surface area (Å²) in [5.41, 5.74) is 3.65. The van der Waals surface area contributed by atoms with Crippen LogP contribution >= 0.6 is 11.6 Å². The summed E-state index contributed by atoms with van der Waals surface area (Å²) in [5, 5.41) is 2.15. The average Bonchev–Trinajstić information content (AvgIpc) is 3.18. The normalized spacial score (nSPS) is 13.9. The molecule has 0 bridgehead atoms. The van der Waals surface area contributed by atoms with Crippen molar-refractivity contribution in [1.29, 1.82) is 0 Å². The third-order valence-corrected chi connectivity index (χ3v) is 5.59. The molecule has 0 N–H and O–H groups in total. The molecule has 0 atom stereocenters. The van der Waals surface area contributed by atoms with E-state index < -0.39 is 0 Å². The molecule has 0 spiro atoms. The number of methoxy groups -OCH3 is 1. The van der Waals surface area contributed by atoms with Crippen molar-refractivity contribution in [3.05, 3.63) is 42.1 Å². The van der Waals surface area contributed by atoms with Gasteiger partial charge in [-0.15, -0.1) is 11.6 Å². The number of aromatic nitrogens is 1. The molecule has 5 nitrogen and oxygen atoms in total. The van der Waals surface area contributed by atoms with Crippen molar-refractivity contribution in [3.63, 3.8) is 0 Å². The second-order valence-corrected chi connectivity index (χ2v) is 7.33. The van der Waals surface area contributed by atoms with Crippen LogP contribution in [0, 0.1) is 0 Å². The minimum absolute atomic E-state index is 0.290. The first-order valence-electron chi connectivity index (χ1n) is 9.44. The van der Waals surface area contributed by atoms with Crippen LogP contribution in [0.2, 0.25) is 0 Å². The number of halogens is 1. The third kappa shape index (κ3) is 2.81. The molecule has 2 aliphatic rings. The maximum absolute atomic E-state index is 6.04. The Bertz CT molecular complexity index is 1070. The molecule has 1 aromatic heterocycles. The van der Waals surface area contributed by atoms with Gasteiger partial charge in [0.2, 0.25) is 12.5 Å². The monoisotopic (exact) mass is 398 g/mol. The zero-order chi connectivity index (χ0) is 19.1. The van der Waals surface area contributed by atoms with Crippen LogP contribution in [0.4, 0.5) is 0 Å². The van der Waals surface area contributed by atoms with E-state index >= 15 is 0 Å².